The summed E-state index contributed by atoms with van der Waals surface area (Å²) in [5.74, 6) is -0.794. The number of rotatable bonds is 4. The fourth-order valence-corrected chi connectivity index (χ4v) is 4.44. The van der Waals surface area contributed by atoms with Gasteiger partial charge in [-0.05, 0) is 25.0 Å². The van der Waals surface area contributed by atoms with Gasteiger partial charge in [-0.2, -0.15) is 4.31 Å². The number of sulfonamides is 1. The monoisotopic (exact) mass is 340 g/mol. The molecule has 0 saturated carbocycles. The molecule has 2 heterocycles. The van der Waals surface area contributed by atoms with Gasteiger partial charge >= 0.3 is 0 Å². The Morgan fingerprint density at radius 2 is 2.13 bits per heavy atom. The molecule has 124 valence electrons. The summed E-state index contributed by atoms with van der Waals surface area (Å²) in [6, 6.07) is 5.25. The lowest BCUT2D eigenvalue weighted by molar-refractivity contribution is -0.0248. The van der Waals surface area contributed by atoms with Crippen molar-refractivity contribution in [3.63, 3.8) is 0 Å². The number of β-amino-alcohol motifs (C(OH)–C–C–N with tert-alkyl or cyclic N) is 1. The molecule has 1 saturated heterocycles. The van der Waals surface area contributed by atoms with Crippen molar-refractivity contribution in [2.75, 3.05) is 13.1 Å². The summed E-state index contributed by atoms with van der Waals surface area (Å²) in [6.07, 6.45) is 4.01. The van der Waals surface area contributed by atoms with E-state index in [1.54, 1.807) is 6.20 Å². The Balaban J connectivity index is 1.84. The molecule has 0 spiro atoms. The van der Waals surface area contributed by atoms with Crippen molar-refractivity contribution in [2.45, 2.75) is 29.9 Å². The van der Waals surface area contributed by atoms with E-state index >= 15 is 0 Å². The molecule has 1 aliphatic rings. The molecule has 9 heteroatoms. The van der Waals surface area contributed by atoms with Gasteiger partial charge in [0.1, 0.15) is 10.7 Å². The molecule has 1 atom stereocenters. The average molecular weight is 340 g/mol. The van der Waals surface area contributed by atoms with Gasteiger partial charge in [0.25, 0.3) is 0 Å². The van der Waals surface area contributed by atoms with E-state index in [-0.39, 0.29) is 24.5 Å². The first-order valence-corrected chi connectivity index (χ1v) is 8.66. The van der Waals surface area contributed by atoms with Gasteiger partial charge in [-0.1, -0.05) is 17.3 Å². The zero-order chi connectivity index (χ0) is 16.5. The number of piperidine rings is 1. The maximum atomic E-state index is 13.8. The van der Waals surface area contributed by atoms with Crippen molar-refractivity contribution in [3.8, 4) is 0 Å². The summed E-state index contributed by atoms with van der Waals surface area (Å²) in [7, 11) is -3.99. The first-order valence-electron chi connectivity index (χ1n) is 7.22. The second-order valence-corrected chi connectivity index (χ2v) is 7.60. The van der Waals surface area contributed by atoms with E-state index in [4.69, 9.17) is 0 Å². The Morgan fingerprint density at radius 3 is 2.83 bits per heavy atom. The zero-order valence-electron chi connectivity index (χ0n) is 12.3. The third-order valence-corrected chi connectivity index (χ3v) is 5.78. The van der Waals surface area contributed by atoms with Crippen LogP contribution in [0.1, 0.15) is 12.8 Å². The maximum absolute atomic E-state index is 13.8. The smallest absolute Gasteiger partial charge is 0.246 e. The fourth-order valence-electron chi connectivity index (χ4n) is 2.82. The molecule has 0 amide bonds. The molecule has 2 aromatic rings. The van der Waals surface area contributed by atoms with Crippen LogP contribution in [0.4, 0.5) is 4.39 Å². The normalized spacial score (nSPS) is 23.0. The summed E-state index contributed by atoms with van der Waals surface area (Å²) < 4.78 is 41.7. The van der Waals surface area contributed by atoms with Gasteiger partial charge in [0.05, 0.1) is 18.3 Å². The number of hydrogen-bond donors (Lipinski definition) is 1. The van der Waals surface area contributed by atoms with Crippen molar-refractivity contribution in [2.24, 2.45) is 0 Å². The Kier molecular flexibility index (Phi) is 4.17. The summed E-state index contributed by atoms with van der Waals surface area (Å²) in [4.78, 5) is -0.370. The lowest BCUT2D eigenvalue weighted by Gasteiger charge is -2.38. The van der Waals surface area contributed by atoms with E-state index in [1.807, 2.05) is 0 Å². The van der Waals surface area contributed by atoms with Crippen LogP contribution in [0.15, 0.2) is 41.6 Å². The molecule has 3 rings (SSSR count). The molecule has 7 nitrogen and oxygen atoms in total. The quantitative estimate of drug-likeness (QED) is 0.882. The number of nitrogens with zero attached hydrogens (tertiary/aromatic N) is 4. The van der Waals surface area contributed by atoms with E-state index in [0.717, 1.165) is 10.4 Å². The van der Waals surface area contributed by atoms with E-state index in [2.05, 4.69) is 10.3 Å². The summed E-state index contributed by atoms with van der Waals surface area (Å²) in [5, 5.41) is 18.2. The molecule has 0 radical (unpaired) electrons. The van der Waals surface area contributed by atoms with Crippen molar-refractivity contribution < 1.29 is 17.9 Å². The third-order valence-electron chi connectivity index (χ3n) is 3.90. The first kappa shape index (κ1) is 16.0. The van der Waals surface area contributed by atoms with E-state index in [0.29, 0.717) is 12.8 Å². The van der Waals surface area contributed by atoms with E-state index in [1.165, 1.54) is 29.1 Å². The number of halogens is 1. The molecule has 0 bridgehead atoms. The van der Waals surface area contributed by atoms with Crippen LogP contribution < -0.4 is 0 Å². The van der Waals surface area contributed by atoms with Gasteiger partial charge in [0.2, 0.25) is 10.0 Å². The molecular formula is C14H17FN4O3S. The standard InChI is InChI=1S/C14H17FN4O3S/c15-12-4-1-2-5-13(12)23(21,22)19-8-3-6-14(20,11-19)10-18-9-7-16-17-18/h1-2,4-5,7,9,20H,3,6,8,10-11H2. The Morgan fingerprint density at radius 1 is 1.35 bits per heavy atom. The second kappa shape index (κ2) is 5.99. The molecule has 0 aliphatic carbocycles. The molecule has 1 aromatic carbocycles. The minimum Gasteiger partial charge on any atom is -0.387 e. The predicted molar refractivity (Wildman–Crippen MR) is 79.4 cm³/mol. The molecule has 1 aromatic heterocycles. The van der Waals surface area contributed by atoms with E-state index < -0.39 is 21.4 Å². The SMILES string of the molecule is O=S(=O)(c1ccccc1F)N1CCCC(O)(Cn2ccnn2)C1. The zero-order valence-corrected chi connectivity index (χ0v) is 13.2. The van der Waals surface area contributed by atoms with Crippen LogP contribution in [0, 0.1) is 5.82 Å². The highest BCUT2D eigenvalue weighted by molar-refractivity contribution is 7.89. The summed E-state index contributed by atoms with van der Waals surface area (Å²) in [5.41, 5.74) is -1.26. The summed E-state index contributed by atoms with van der Waals surface area (Å²) in [6.45, 7) is 0.274. The number of benzene rings is 1. The minimum atomic E-state index is -3.99. The van der Waals surface area contributed by atoms with Crippen molar-refractivity contribution in [1.29, 1.82) is 0 Å². The van der Waals surface area contributed by atoms with Crippen molar-refractivity contribution in [1.82, 2.24) is 19.3 Å². The third kappa shape index (κ3) is 3.26. The lowest BCUT2D eigenvalue weighted by atomic mass is 9.94. The number of aliphatic hydroxyl groups is 1. The van der Waals surface area contributed by atoms with Crippen LogP contribution in [0.25, 0.3) is 0 Å². The minimum absolute atomic E-state index is 0.108. The topological polar surface area (TPSA) is 88.3 Å². The van der Waals surface area contributed by atoms with Crippen molar-refractivity contribution >= 4 is 10.0 Å². The fraction of sp³-hybridized carbons (Fsp3) is 0.429. The molecule has 1 aliphatic heterocycles. The van der Waals surface area contributed by atoms with Gasteiger partial charge in [0, 0.05) is 19.3 Å². The summed E-state index contributed by atoms with van der Waals surface area (Å²) >= 11 is 0. The highest BCUT2D eigenvalue weighted by atomic mass is 32.2. The maximum Gasteiger partial charge on any atom is 0.246 e. The van der Waals surface area contributed by atoms with Crippen molar-refractivity contribution in [3.05, 3.63) is 42.5 Å². The van der Waals surface area contributed by atoms with Gasteiger partial charge in [-0.3, -0.25) is 0 Å². The van der Waals surface area contributed by atoms with Gasteiger partial charge in [-0.25, -0.2) is 17.5 Å². The first-order chi connectivity index (χ1) is 10.9. The van der Waals surface area contributed by atoms with Crippen LogP contribution in [0.5, 0.6) is 0 Å². The van der Waals surface area contributed by atoms with Crippen LogP contribution in [-0.2, 0) is 16.6 Å². The Hall–Kier alpha value is -1.84. The molecule has 1 unspecified atom stereocenters. The van der Waals surface area contributed by atoms with Gasteiger partial charge in [-0.15, -0.1) is 5.10 Å². The van der Waals surface area contributed by atoms with E-state index in [9.17, 15) is 17.9 Å². The molecule has 1 N–H and O–H groups in total. The van der Waals surface area contributed by atoms with Crippen LogP contribution >= 0.6 is 0 Å². The highest BCUT2D eigenvalue weighted by Crippen LogP contribution is 2.28. The predicted octanol–water partition coefficient (Wildman–Crippen LogP) is 0.633. The Labute approximate surface area is 133 Å². The van der Waals surface area contributed by atoms with Crippen LogP contribution in [0.3, 0.4) is 0 Å². The van der Waals surface area contributed by atoms with Gasteiger partial charge in [0.15, 0.2) is 0 Å². The molecule has 23 heavy (non-hydrogen) atoms. The number of hydrogen-bond acceptors (Lipinski definition) is 5. The second-order valence-electron chi connectivity index (χ2n) is 5.70. The Bertz CT molecular complexity index is 781. The average Bonchev–Trinajstić information content (AvgIpc) is 2.99. The highest BCUT2D eigenvalue weighted by Gasteiger charge is 2.39. The molecular weight excluding hydrogens is 323 g/mol. The van der Waals surface area contributed by atoms with Crippen LogP contribution in [-0.4, -0.2) is 51.5 Å². The largest absolute Gasteiger partial charge is 0.387 e. The lowest BCUT2D eigenvalue weighted by Crippen LogP contribution is -2.52. The van der Waals surface area contributed by atoms with Crippen LogP contribution in [0.2, 0.25) is 0 Å². The molecule has 1 fully saturated rings. The van der Waals surface area contributed by atoms with Gasteiger partial charge < -0.3 is 5.11 Å². The number of aromatic nitrogens is 3.